The number of nitro groups is 1. The van der Waals surface area contributed by atoms with E-state index in [0.29, 0.717) is 27.6 Å². The highest BCUT2D eigenvalue weighted by Gasteiger charge is 2.14. The molecule has 0 saturated heterocycles. The van der Waals surface area contributed by atoms with Crippen molar-refractivity contribution in [3.8, 4) is 11.3 Å². The zero-order chi connectivity index (χ0) is 21.5. The zero-order valence-corrected chi connectivity index (χ0v) is 16.9. The second-order valence-electron chi connectivity index (χ2n) is 6.34. The Kier molecular flexibility index (Phi) is 6.71. The number of nitrogens with one attached hydrogen (secondary N) is 3. The lowest BCUT2D eigenvalue weighted by Crippen LogP contribution is -2.31. The predicted octanol–water partition coefficient (Wildman–Crippen LogP) is 4.18. The third-order valence-electron chi connectivity index (χ3n) is 4.12. The van der Waals surface area contributed by atoms with Crippen LogP contribution in [0.5, 0.6) is 0 Å². The maximum Gasteiger partial charge on any atom is 0.319 e. The van der Waals surface area contributed by atoms with Gasteiger partial charge in [-0.25, -0.2) is 9.78 Å². The molecule has 3 N–H and O–H groups in total. The minimum atomic E-state index is -0.436. The van der Waals surface area contributed by atoms with Crippen molar-refractivity contribution in [2.45, 2.75) is 13.3 Å². The highest BCUT2D eigenvalue weighted by molar-refractivity contribution is 7.14. The first-order chi connectivity index (χ1) is 14.4. The molecule has 10 heteroatoms. The van der Waals surface area contributed by atoms with Gasteiger partial charge in [-0.3, -0.25) is 14.9 Å². The number of hydrogen-bond donors (Lipinski definition) is 3. The second kappa shape index (κ2) is 9.61. The third-order valence-corrected chi connectivity index (χ3v) is 4.88. The summed E-state index contributed by atoms with van der Waals surface area (Å²) in [6.45, 7) is 1.83. The number of thiazole rings is 1. The van der Waals surface area contributed by atoms with Crippen LogP contribution in [-0.2, 0) is 4.79 Å². The van der Waals surface area contributed by atoms with E-state index in [1.807, 2.05) is 6.07 Å². The summed E-state index contributed by atoms with van der Waals surface area (Å²) in [7, 11) is 0. The van der Waals surface area contributed by atoms with Gasteiger partial charge in [-0.05, 0) is 19.1 Å². The van der Waals surface area contributed by atoms with E-state index >= 15 is 0 Å². The van der Waals surface area contributed by atoms with Crippen LogP contribution in [0.25, 0.3) is 11.3 Å². The van der Waals surface area contributed by atoms with E-state index in [-0.39, 0.29) is 24.6 Å². The SMILES string of the molecule is Cc1ccc(-c2csc(NC(=O)CCNC(=O)Nc3ccccc3)n2)cc1[N+](=O)[O-]. The van der Waals surface area contributed by atoms with Gasteiger partial charge in [0.25, 0.3) is 5.69 Å². The molecule has 2 aromatic carbocycles. The number of para-hydroxylation sites is 1. The molecule has 1 aromatic heterocycles. The molecule has 9 nitrogen and oxygen atoms in total. The fraction of sp³-hybridized carbons (Fsp3) is 0.150. The Morgan fingerprint density at radius 3 is 2.63 bits per heavy atom. The highest BCUT2D eigenvalue weighted by Crippen LogP contribution is 2.29. The van der Waals surface area contributed by atoms with Gasteiger partial charge in [0.15, 0.2) is 5.13 Å². The molecule has 3 amide bonds. The van der Waals surface area contributed by atoms with Gasteiger partial charge in [-0.1, -0.05) is 30.3 Å². The van der Waals surface area contributed by atoms with E-state index < -0.39 is 11.0 Å². The van der Waals surface area contributed by atoms with Gasteiger partial charge >= 0.3 is 6.03 Å². The average molecular weight is 425 g/mol. The molecule has 0 aliphatic carbocycles. The molecule has 3 aromatic rings. The number of nitro benzene ring substituents is 1. The largest absolute Gasteiger partial charge is 0.337 e. The maximum atomic E-state index is 12.1. The summed E-state index contributed by atoms with van der Waals surface area (Å²) in [6.07, 6.45) is 0.0765. The topological polar surface area (TPSA) is 126 Å². The summed E-state index contributed by atoms with van der Waals surface area (Å²) in [6, 6.07) is 13.5. The van der Waals surface area contributed by atoms with Gasteiger partial charge in [0.1, 0.15) is 0 Å². The number of carbonyl (C=O) groups excluding carboxylic acids is 2. The Morgan fingerprint density at radius 2 is 1.90 bits per heavy atom. The number of anilines is 2. The van der Waals surface area contributed by atoms with E-state index in [9.17, 15) is 19.7 Å². The van der Waals surface area contributed by atoms with Gasteiger partial charge in [0.05, 0.1) is 10.6 Å². The smallest absolute Gasteiger partial charge is 0.319 e. The number of urea groups is 1. The number of aromatic nitrogens is 1. The summed E-state index contributed by atoms with van der Waals surface area (Å²) in [5.74, 6) is -0.300. The average Bonchev–Trinajstić information content (AvgIpc) is 3.17. The summed E-state index contributed by atoms with van der Waals surface area (Å²) in [5.41, 5.74) is 2.38. The van der Waals surface area contributed by atoms with Crippen LogP contribution in [-0.4, -0.2) is 28.4 Å². The van der Waals surface area contributed by atoms with E-state index in [1.54, 1.807) is 48.7 Å². The lowest BCUT2D eigenvalue weighted by Gasteiger charge is -2.07. The second-order valence-corrected chi connectivity index (χ2v) is 7.20. The van der Waals surface area contributed by atoms with Crippen LogP contribution in [0.1, 0.15) is 12.0 Å². The van der Waals surface area contributed by atoms with Crippen LogP contribution in [0, 0.1) is 17.0 Å². The highest BCUT2D eigenvalue weighted by atomic mass is 32.1. The Morgan fingerprint density at radius 1 is 1.13 bits per heavy atom. The Bertz CT molecular complexity index is 1070. The van der Waals surface area contributed by atoms with E-state index in [0.717, 1.165) is 0 Å². The standard InChI is InChI=1S/C20H19N5O4S/c1-13-7-8-14(11-17(13)25(28)29)16-12-30-20(23-16)24-18(26)9-10-21-19(27)22-15-5-3-2-4-6-15/h2-8,11-12H,9-10H2,1H3,(H2,21,22,27)(H,23,24,26). The number of amides is 3. The molecule has 0 spiro atoms. The van der Waals surface area contributed by atoms with Crippen LogP contribution in [0.2, 0.25) is 0 Å². The Hall–Kier alpha value is -3.79. The number of carbonyl (C=O) groups is 2. The fourth-order valence-electron chi connectivity index (χ4n) is 2.60. The van der Waals surface area contributed by atoms with Crippen molar-refractivity contribution in [3.63, 3.8) is 0 Å². The molecule has 0 fully saturated rings. The number of rotatable bonds is 7. The van der Waals surface area contributed by atoms with Crippen molar-refractivity contribution in [1.82, 2.24) is 10.3 Å². The molecule has 154 valence electrons. The van der Waals surface area contributed by atoms with Crippen molar-refractivity contribution >= 4 is 39.8 Å². The molecule has 3 rings (SSSR count). The van der Waals surface area contributed by atoms with Crippen molar-refractivity contribution in [2.24, 2.45) is 0 Å². The van der Waals surface area contributed by atoms with Gasteiger partial charge in [-0.15, -0.1) is 11.3 Å². The van der Waals surface area contributed by atoms with Crippen molar-refractivity contribution in [3.05, 3.63) is 69.6 Å². The van der Waals surface area contributed by atoms with Crippen LogP contribution in [0.3, 0.4) is 0 Å². The van der Waals surface area contributed by atoms with Gasteiger partial charge < -0.3 is 16.0 Å². The predicted molar refractivity (Wildman–Crippen MR) is 116 cm³/mol. The summed E-state index contributed by atoms with van der Waals surface area (Å²) in [5, 5.41) is 21.1. The molecular weight excluding hydrogens is 406 g/mol. The van der Waals surface area contributed by atoms with Crippen molar-refractivity contribution < 1.29 is 14.5 Å². The minimum Gasteiger partial charge on any atom is -0.337 e. The van der Waals surface area contributed by atoms with Crippen LogP contribution < -0.4 is 16.0 Å². The third kappa shape index (κ3) is 5.61. The number of benzene rings is 2. The van der Waals surface area contributed by atoms with Gasteiger partial charge in [0.2, 0.25) is 5.91 Å². The lowest BCUT2D eigenvalue weighted by molar-refractivity contribution is -0.385. The van der Waals surface area contributed by atoms with Gasteiger partial charge in [-0.2, -0.15) is 0 Å². The molecule has 0 unspecified atom stereocenters. The van der Waals surface area contributed by atoms with Crippen molar-refractivity contribution in [1.29, 1.82) is 0 Å². The molecule has 0 aliphatic heterocycles. The molecule has 0 aliphatic rings. The minimum absolute atomic E-state index is 0.0194. The number of nitrogens with zero attached hydrogens (tertiary/aromatic N) is 2. The molecule has 0 atom stereocenters. The first-order valence-electron chi connectivity index (χ1n) is 9.03. The molecular formula is C20H19N5O4S. The lowest BCUT2D eigenvalue weighted by atomic mass is 10.1. The first-order valence-corrected chi connectivity index (χ1v) is 9.91. The molecule has 0 saturated carbocycles. The molecule has 0 radical (unpaired) electrons. The number of aryl methyl sites for hydroxylation is 1. The summed E-state index contributed by atoms with van der Waals surface area (Å²) >= 11 is 1.22. The zero-order valence-electron chi connectivity index (χ0n) is 16.0. The molecule has 0 bridgehead atoms. The van der Waals surface area contributed by atoms with Crippen LogP contribution in [0.15, 0.2) is 53.9 Å². The summed E-state index contributed by atoms with van der Waals surface area (Å²) < 4.78 is 0. The van der Waals surface area contributed by atoms with E-state index in [1.165, 1.54) is 17.4 Å². The van der Waals surface area contributed by atoms with E-state index in [2.05, 4.69) is 20.9 Å². The molecule has 30 heavy (non-hydrogen) atoms. The Labute approximate surface area is 176 Å². The van der Waals surface area contributed by atoms with Gasteiger partial charge in [0, 0.05) is 41.2 Å². The summed E-state index contributed by atoms with van der Waals surface area (Å²) in [4.78, 5) is 38.9. The van der Waals surface area contributed by atoms with Crippen LogP contribution in [0.4, 0.5) is 21.3 Å². The number of hydrogen-bond acceptors (Lipinski definition) is 6. The molecule has 1 heterocycles. The maximum absolute atomic E-state index is 12.1. The Balaban J connectivity index is 1.50. The first kappa shape index (κ1) is 20.9. The van der Waals surface area contributed by atoms with E-state index in [4.69, 9.17) is 0 Å². The quantitative estimate of drug-likeness (QED) is 0.387. The van der Waals surface area contributed by atoms with Crippen molar-refractivity contribution in [2.75, 3.05) is 17.2 Å². The normalized spacial score (nSPS) is 10.3. The fourth-order valence-corrected chi connectivity index (χ4v) is 3.33. The monoisotopic (exact) mass is 425 g/mol. The van der Waals surface area contributed by atoms with Crippen LogP contribution >= 0.6 is 11.3 Å².